The van der Waals surface area contributed by atoms with E-state index in [1.54, 1.807) is 36.4 Å². The average Bonchev–Trinajstić information content (AvgIpc) is 2.69. The van der Waals surface area contributed by atoms with E-state index in [1.165, 1.54) is 0 Å². The average molecular weight is 407 g/mol. The van der Waals surface area contributed by atoms with Gasteiger partial charge in [-0.15, -0.1) is 0 Å². The third-order valence-electron chi connectivity index (χ3n) is 4.81. The monoisotopic (exact) mass is 407 g/mol. The molecular formula is C20H23F2N3O2S. The summed E-state index contributed by atoms with van der Waals surface area (Å²) < 4.78 is 24.7. The van der Waals surface area contributed by atoms with Crippen molar-refractivity contribution in [2.24, 2.45) is 0 Å². The number of carbonyl (C=O) groups is 1. The summed E-state index contributed by atoms with van der Waals surface area (Å²) >= 11 is 0.478. The summed E-state index contributed by atoms with van der Waals surface area (Å²) in [7, 11) is 0. The molecule has 1 aliphatic heterocycles. The molecule has 2 N–H and O–H groups in total. The summed E-state index contributed by atoms with van der Waals surface area (Å²) in [5.74, 6) is -2.34. The third kappa shape index (κ3) is 5.14. The number of piperazine rings is 1. The van der Waals surface area contributed by atoms with E-state index in [1.807, 2.05) is 19.1 Å². The molecule has 0 spiro atoms. The fourth-order valence-electron chi connectivity index (χ4n) is 3.21. The molecule has 28 heavy (non-hydrogen) atoms. The second-order valence-electron chi connectivity index (χ2n) is 6.58. The summed E-state index contributed by atoms with van der Waals surface area (Å²) in [5.41, 5.74) is 1.39. The van der Waals surface area contributed by atoms with E-state index in [0.717, 1.165) is 18.8 Å². The second-order valence-corrected chi connectivity index (χ2v) is 7.64. The summed E-state index contributed by atoms with van der Waals surface area (Å²) in [6, 6.07) is 13.3. The van der Waals surface area contributed by atoms with E-state index < -0.39 is 5.76 Å². The van der Waals surface area contributed by atoms with Gasteiger partial charge in [0.1, 0.15) is 5.75 Å². The van der Waals surface area contributed by atoms with Gasteiger partial charge >= 0.3 is 0 Å². The summed E-state index contributed by atoms with van der Waals surface area (Å²) in [6.45, 7) is 4.69. The van der Waals surface area contributed by atoms with Crippen LogP contribution in [0, 0.1) is 0 Å². The number of amides is 1. The van der Waals surface area contributed by atoms with Crippen LogP contribution >= 0.6 is 11.8 Å². The normalized spacial score (nSPS) is 16.2. The standard InChI is InChI=1S/C20H23F2N3O2S/c1-14(19(27)23-15-6-8-16(9-7-15)28-20(21)22)24-10-12-25(13-11-24)17-4-2-3-5-18(17)26/h2-9,14,20,26H,10-13H2,1H3,(H,23,27)/t14-/m0/s1. The number of aromatic hydroxyl groups is 1. The molecular weight excluding hydrogens is 384 g/mol. The molecule has 2 aromatic carbocycles. The van der Waals surface area contributed by atoms with Crippen molar-refractivity contribution in [1.82, 2.24) is 4.90 Å². The fourth-order valence-corrected chi connectivity index (χ4v) is 3.71. The van der Waals surface area contributed by atoms with Crippen molar-refractivity contribution < 1.29 is 18.7 Å². The minimum absolute atomic E-state index is 0.134. The van der Waals surface area contributed by atoms with E-state index >= 15 is 0 Å². The maximum absolute atomic E-state index is 12.5. The van der Waals surface area contributed by atoms with Gasteiger partial charge in [-0.25, -0.2) is 0 Å². The maximum atomic E-state index is 12.5. The molecule has 3 rings (SSSR count). The Morgan fingerprint density at radius 2 is 1.71 bits per heavy atom. The third-order valence-corrected chi connectivity index (χ3v) is 5.53. The molecule has 5 nitrogen and oxygen atoms in total. The van der Waals surface area contributed by atoms with Gasteiger partial charge in [0.15, 0.2) is 0 Å². The molecule has 0 bridgehead atoms. The minimum Gasteiger partial charge on any atom is -0.506 e. The van der Waals surface area contributed by atoms with Crippen LogP contribution < -0.4 is 10.2 Å². The lowest BCUT2D eigenvalue weighted by Crippen LogP contribution is -2.52. The Bertz CT molecular complexity index is 796. The van der Waals surface area contributed by atoms with Crippen molar-refractivity contribution in [3.05, 3.63) is 48.5 Å². The zero-order chi connectivity index (χ0) is 20.1. The van der Waals surface area contributed by atoms with Gasteiger partial charge in [-0.1, -0.05) is 23.9 Å². The number of anilines is 2. The van der Waals surface area contributed by atoms with Crippen LogP contribution in [0.25, 0.3) is 0 Å². The van der Waals surface area contributed by atoms with E-state index in [9.17, 15) is 18.7 Å². The van der Waals surface area contributed by atoms with Gasteiger partial charge in [-0.05, 0) is 43.3 Å². The molecule has 0 radical (unpaired) electrons. The first kappa shape index (κ1) is 20.4. The lowest BCUT2D eigenvalue weighted by molar-refractivity contribution is -0.120. The molecule has 1 atom stereocenters. The Morgan fingerprint density at radius 3 is 2.32 bits per heavy atom. The highest BCUT2D eigenvalue weighted by Gasteiger charge is 2.26. The molecule has 0 unspecified atom stereocenters. The van der Waals surface area contributed by atoms with E-state index in [4.69, 9.17) is 0 Å². The fraction of sp³-hybridized carbons (Fsp3) is 0.350. The number of thioether (sulfide) groups is 1. The first-order chi connectivity index (χ1) is 13.4. The zero-order valence-corrected chi connectivity index (χ0v) is 16.3. The zero-order valence-electron chi connectivity index (χ0n) is 15.5. The van der Waals surface area contributed by atoms with Crippen LogP contribution in [0.5, 0.6) is 5.75 Å². The molecule has 1 amide bonds. The number of phenols is 1. The van der Waals surface area contributed by atoms with Crippen molar-refractivity contribution in [3.63, 3.8) is 0 Å². The number of carbonyl (C=O) groups excluding carboxylic acids is 1. The quantitative estimate of drug-likeness (QED) is 0.713. The molecule has 2 aromatic rings. The molecule has 1 aliphatic rings. The molecule has 0 saturated carbocycles. The van der Waals surface area contributed by atoms with Gasteiger partial charge in [-0.3, -0.25) is 9.69 Å². The molecule has 150 valence electrons. The Morgan fingerprint density at radius 1 is 1.07 bits per heavy atom. The maximum Gasteiger partial charge on any atom is 0.288 e. The van der Waals surface area contributed by atoms with Gasteiger partial charge in [0.25, 0.3) is 5.76 Å². The Balaban J connectivity index is 1.52. The van der Waals surface area contributed by atoms with Crippen molar-refractivity contribution in [2.75, 3.05) is 36.4 Å². The van der Waals surface area contributed by atoms with Gasteiger partial charge in [0, 0.05) is 36.8 Å². The van der Waals surface area contributed by atoms with Gasteiger partial charge in [0.05, 0.1) is 11.7 Å². The van der Waals surface area contributed by atoms with Crippen LogP contribution in [0.2, 0.25) is 0 Å². The van der Waals surface area contributed by atoms with Crippen LogP contribution in [0.4, 0.5) is 20.2 Å². The molecule has 1 saturated heterocycles. The Hall–Kier alpha value is -2.32. The number of hydrogen-bond donors (Lipinski definition) is 2. The predicted octanol–water partition coefficient (Wildman–Crippen LogP) is 3.86. The van der Waals surface area contributed by atoms with Gasteiger partial charge in [-0.2, -0.15) is 8.78 Å². The highest BCUT2D eigenvalue weighted by atomic mass is 32.2. The van der Waals surface area contributed by atoms with Crippen LogP contribution in [0.3, 0.4) is 0 Å². The largest absolute Gasteiger partial charge is 0.506 e. The van der Waals surface area contributed by atoms with Crippen LogP contribution in [0.15, 0.2) is 53.4 Å². The summed E-state index contributed by atoms with van der Waals surface area (Å²) in [4.78, 5) is 17.2. The highest BCUT2D eigenvalue weighted by molar-refractivity contribution is 7.99. The molecule has 0 aliphatic carbocycles. The van der Waals surface area contributed by atoms with Crippen molar-refractivity contribution >= 4 is 29.0 Å². The van der Waals surface area contributed by atoms with E-state index in [0.29, 0.717) is 35.4 Å². The van der Waals surface area contributed by atoms with Crippen LogP contribution in [-0.2, 0) is 4.79 Å². The number of nitrogens with zero attached hydrogens (tertiary/aromatic N) is 2. The SMILES string of the molecule is C[C@@H](C(=O)Nc1ccc(SC(F)F)cc1)N1CCN(c2ccccc2O)CC1. The minimum atomic E-state index is -2.46. The van der Waals surface area contributed by atoms with Crippen molar-refractivity contribution in [2.45, 2.75) is 23.6 Å². The number of nitrogens with one attached hydrogen (secondary N) is 1. The summed E-state index contributed by atoms with van der Waals surface area (Å²) in [5, 5.41) is 12.8. The number of halogens is 2. The van der Waals surface area contributed by atoms with Crippen molar-refractivity contribution in [1.29, 1.82) is 0 Å². The van der Waals surface area contributed by atoms with Crippen LogP contribution in [-0.4, -0.2) is 53.9 Å². The van der Waals surface area contributed by atoms with Crippen molar-refractivity contribution in [3.8, 4) is 5.75 Å². The van der Waals surface area contributed by atoms with Gasteiger partial charge < -0.3 is 15.3 Å². The highest BCUT2D eigenvalue weighted by Crippen LogP contribution is 2.28. The first-order valence-electron chi connectivity index (χ1n) is 9.07. The smallest absolute Gasteiger partial charge is 0.288 e. The lowest BCUT2D eigenvalue weighted by atomic mass is 10.2. The number of phenolic OH excluding ortho intramolecular Hbond substituents is 1. The Kier molecular flexibility index (Phi) is 6.74. The number of alkyl halides is 2. The second kappa shape index (κ2) is 9.25. The molecule has 1 heterocycles. The van der Waals surface area contributed by atoms with E-state index in [-0.39, 0.29) is 17.7 Å². The van der Waals surface area contributed by atoms with E-state index in [2.05, 4.69) is 15.1 Å². The topological polar surface area (TPSA) is 55.8 Å². The number of para-hydroxylation sites is 2. The Labute approximate surface area is 167 Å². The number of benzene rings is 2. The lowest BCUT2D eigenvalue weighted by Gasteiger charge is -2.38. The predicted molar refractivity (Wildman–Crippen MR) is 108 cm³/mol. The molecule has 1 fully saturated rings. The van der Waals surface area contributed by atoms with Gasteiger partial charge in [0.2, 0.25) is 5.91 Å². The molecule has 8 heteroatoms. The number of hydrogen-bond acceptors (Lipinski definition) is 5. The summed E-state index contributed by atoms with van der Waals surface area (Å²) in [6.07, 6.45) is 0. The van der Waals surface area contributed by atoms with Crippen LogP contribution in [0.1, 0.15) is 6.92 Å². The number of rotatable bonds is 6. The molecule has 0 aromatic heterocycles. The first-order valence-corrected chi connectivity index (χ1v) is 9.95.